The summed E-state index contributed by atoms with van der Waals surface area (Å²) in [6, 6.07) is 9.15. The maximum atomic E-state index is 11.9. The van der Waals surface area contributed by atoms with Gasteiger partial charge in [-0.3, -0.25) is 4.79 Å². The summed E-state index contributed by atoms with van der Waals surface area (Å²) in [6.45, 7) is 5.42. The molecule has 1 aromatic heterocycles. The molecular formula is C15H15NO3. The highest BCUT2D eigenvalue weighted by atomic mass is 16.5. The summed E-state index contributed by atoms with van der Waals surface area (Å²) in [5.41, 5.74) is 0.115. The number of ketones is 1. The monoisotopic (exact) mass is 257 g/mol. The van der Waals surface area contributed by atoms with E-state index in [0.29, 0.717) is 16.7 Å². The van der Waals surface area contributed by atoms with Crippen molar-refractivity contribution in [3.05, 3.63) is 30.0 Å². The normalized spacial score (nSPS) is 11.3. The van der Waals surface area contributed by atoms with Crippen molar-refractivity contribution in [1.29, 1.82) is 5.26 Å². The number of carbonyl (C=O) groups excluding carboxylic acids is 1. The van der Waals surface area contributed by atoms with Gasteiger partial charge in [-0.1, -0.05) is 32.9 Å². The predicted molar refractivity (Wildman–Crippen MR) is 70.9 cm³/mol. The van der Waals surface area contributed by atoms with E-state index in [1.165, 1.54) is 0 Å². The smallest absolute Gasteiger partial charge is 0.246 e. The standard InChI is InChI=1S/C15H15NO3/c1-15(2,3)13(17)9-18-14-10-6-4-5-7-11(10)19-12(14)8-16/h4-7H,9H2,1-3H3. The Morgan fingerprint density at radius 1 is 1.37 bits per heavy atom. The third kappa shape index (κ3) is 2.60. The minimum Gasteiger partial charge on any atom is -0.480 e. The Hall–Kier alpha value is -2.28. The lowest BCUT2D eigenvalue weighted by atomic mass is 9.91. The second-order valence-electron chi connectivity index (χ2n) is 5.33. The van der Waals surface area contributed by atoms with E-state index >= 15 is 0 Å². The van der Waals surface area contributed by atoms with Crippen molar-refractivity contribution in [2.75, 3.05) is 6.61 Å². The van der Waals surface area contributed by atoms with Gasteiger partial charge in [-0.2, -0.15) is 5.26 Å². The van der Waals surface area contributed by atoms with Crippen LogP contribution < -0.4 is 4.74 Å². The van der Waals surface area contributed by atoms with Crippen LogP contribution in [0.4, 0.5) is 0 Å². The van der Waals surface area contributed by atoms with Gasteiger partial charge in [-0.05, 0) is 12.1 Å². The number of para-hydroxylation sites is 1. The molecule has 0 aliphatic rings. The second-order valence-corrected chi connectivity index (χ2v) is 5.33. The van der Waals surface area contributed by atoms with Crippen LogP contribution in [-0.2, 0) is 4.79 Å². The molecule has 0 fully saturated rings. The molecule has 2 rings (SSSR count). The van der Waals surface area contributed by atoms with Gasteiger partial charge >= 0.3 is 0 Å². The van der Waals surface area contributed by atoms with E-state index in [0.717, 1.165) is 0 Å². The van der Waals surface area contributed by atoms with E-state index in [9.17, 15) is 4.79 Å². The summed E-state index contributed by atoms with van der Waals surface area (Å²) in [4.78, 5) is 11.9. The van der Waals surface area contributed by atoms with Crippen LogP contribution in [0.15, 0.2) is 28.7 Å². The van der Waals surface area contributed by atoms with Crippen molar-refractivity contribution < 1.29 is 13.9 Å². The van der Waals surface area contributed by atoms with E-state index in [1.54, 1.807) is 12.1 Å². The Kier molecular flexibility index (Phi) is 3.30. The highest BCUT2D eigenvalue weighted by Gasteiger charge is 2.23. The summed E-state index contributed by atoms with van der Waals surface area (Å²) in [5.74, 6) is 0.417. The Labute approximate surface area is 111 Å². The van der Waals surface area contributed by atoms with Crippen LogP contribution >= 0.6 is 0 Å². The summed E-state index contributed by atoms with van der Waals surface area (Å²) < 4.78 is 10.9. The lowest BCUT2D eigenvalue weighted by molar-refractivity contribution is -0.128. The molecule has 0 saturated heterocycles. The van der Waals surface area contributed by atoms with Crippen LogP contribution in [0.3, 0.4) is 0 Å². The average molecular weight is 257 g/mol. The molecule has 4 nitrogen and oxygen atoms in total. The molecule has 0 amide bonds. The maximum absolute atomic E-state index is 11.9. The number of nitriles is 1. The number of furan rings is 1. The van der Waals surface area contributed by atoms with E-state index in [2.05, 4.69) is 0 Å². The van der Waals surface area contributed by atoms with Crippen LogP contribution in [0, 0.1) is 16.7 Å². The van der Waals surface area contributed by atoms with Crippen LogP contribution in [0.5, 0.6) is 5.75 Å². The Bertz CT molecular complexity index is 656. The van der Waals surface area contributed by atoms with E-state index in [1.807, 2.05) is 39.0 Å². The number of hydrogen-bond acceptors (Lipinski definition) is 4. The van der Waals surface area contributed by atoms with Crippen molar-refractivity contribution in [3.63, 3.8) is 0 Å². The first kappa shape index (κ1) is 13.2. The van der Waals surface area contributed by atoms with Gasteiger partial charge in [0.05, 0.1) is 5.39 Å². The number of fused-ring (bicyclic) bond motifs is 1. The zero-order chi connectivity index (χ0) is 14.0. The van der Waals surface area contributed by atoms with Crippen LogP contribution in [0.1, 0.15) is 26.5 Å². The van der Waals surface area contributed by atoms with Crippen molar-refractivity contribution in [1.82, 2.24) is 0 Å². The van der Waals surface area contributed by atoms with Gasteiger partial charge in [-0.15, -0.1) is 0 Å². The van der Waals surface area contributed by atoms with Gasteiger partial charge < -0.3 is 9.15 Å². The van der Waals surface area contributed by atoms with Gasteiger partial charge in [0, 0.05) is 5.41 Å². The molecule has 19 heavy (non-hydrogen) atoms. The summed E-state index contributed by atoms with van der Waals surface area (Å²) in [5, 5.41) is 9.74. The molecule has 4 heteroatoms. The third-order valence-electron chi connectivity index (χ3n) is 2.84. The first-order valence-corrected chi connectivity index (χ1v) is 6.01. The molecule has 0 spiro atoms. The topological polar surface area (TPSA) is 63.2 Å². The molecule has 98 valence electrons. The molecule has 0 bridgehead atoms. The van der Waals surface area contributed by atoms with Crippen LogP contribution in [0.2, 0.25) is 0 Å². The molecule has 0 unspecified atom stereocenters. The van der Waals surface area contributed by atoms with E-state index in [4.69, 9.17) is 14.4 Å². The molecular weight excluding hydrogens is 242 g/mol. The predicted octanol–water partition coefficient (Wildman–Crippen LogP) is 3.30. The highest BCUT2D eigenvalue weighted by Crippen LogP contribution is 2.32. The first-order chi connectivity index (χ1) is 8.93. The molecule has 0 radical (unpaired) electrons. The minimum absolute atomic E-state index is 0.0262. The summed E-state index contributed by atoms with van der Waals surface area (Å²) >= 11 is 0. The number of benzene rings is 1. The third-order valence-corrected chi connectivity index (χ3v) is 2.84. The van der Waals surface area contributed by atoms with Gasteiger partial charge in [0.1, 0.15) is 18.3 Å². The van der Waals surface area contributed by atoms with Crippen molar-refractivity contribution in [2.24, 2.45) is 5.41 Å². The van der Waals surface area contributed by atoms with Gasteiger partial charge in [-0.25, -0.2) is 0 Å². The molecule has 1 heterocycles. The largest absolute Gasteiger partial charge is 0.480 e. The van der Waals surface area contributed by atoms with Gasteiger partial charge in [0.15, 0.2) is 11.5 Å². The summed E-state index contributed by atoms with van der Waals surface area (Å²) in [7, 11) is 0. The molecule has 2 aromatic rings. The molecule has 0 N–H and O–H groups in total. The van der Waals surface area contributed by atoms with E-state index in [-0.39, 0.29) is 18.2 Å². The van der Waals surface area contributed by atoms with Crippen molar-refractivity contribution in [2.45, 2.75) is 20.8 Å². The average Bonchev–Trinajstić information content (AvgIpc) is 2.72. The SMILES string of the molecule is CC(C)(C)C(=O)COc1c(C#N)oc2ccccc12. The number of hydrogen-bond donors (Lipinski definition) is 0. The number of carbonyl (C=O) groups is 1. The maximum Gasteiger partial charge on any atom is 0.246 e. The minimum atomic E-state index is -0.466. The Morgan fingerprint density at radius 2 is 2.05 bits per heavy atom. The van der Waals surface area contributed by atoms with E-state index < -0.39 is 5.41 Å². The second kappa shape index (κ2) is 4.77. The van der Waals surface area contributed by atoms with Gasteiger partial charge in [0.25, 0.3) is 0 Å². The zero-order valence-corrected chi connectivity index (χ0v) is 11.2. The highest BCUT2D eigenvalue weighted by molar-refractivity contribution is 5.88. The van der Waals surface area contributed by atoms with Crippen molar-refractivity contribution >= 4 is 16.8 Å². The number of nitrogens with zero attached hydrogens (tertiary/aromatic N) is 1. The lowest BCUT2D eigenvalue weighted by Crippen LogP contribution is -2.26. The quantitative estimate of drug-likeness (QED) is 0.846. The molecule has 0 atom stereocenters. The Balaban J connectivity index is 2.30. The fourth-order valence-electron chi connectivity index (χ4n) is 1.59. The number of ether oxygens (including phenoxy) is 1. The Morgan fingerprint density at radius 3 is 2.68 bits per heavy atom. The number of rotatable bonds is 3. The fourth-order valence-corrected chi connectivity index (χ4v) is 1.59. The molecule has 0 aliphatic heterocycles. The van der Waals surface area contributed by atoms with Gasteiger partial charge in [0.2, 0.25) is 5.76 Å². The lowest BCUT2D eigenvalue weighted by Gasteiger charge is -2.16. The fraction of sp³-hybridized carbons (Fsp3) is 0.333. The van der Waals surface area contributed by atoms with Crippen LogP contribution in [0.25, 0.3) is 11.0 Å². The first-order valence-electron chi connectivity index (χ1n) is 6.01. The summed E-state index contributed by atoms with van der Waals surface area (Å²) in [6.07, 6.45) is 0. The molecule has 1 aromatic carbocycles. The number of Topliss-reactive ketones (excluding diaryl/α,β-unsaturated/α-hetero) is 1. The molecule has 0 saturated carbocycles. The molecule has 0 aliphatic carbocycles. The zero-order valence-electron chi connectivity index (χ0n) is 11.2. The van der Waals surface area contributed by atoms with Crippen molar-refractivity contribution in [3.8, 4) is 11.8 Å². The van der Waals surface area contributed by atoms with Crippen LogP contribution in [-0.4, -0.2) is 12.4 Å².